The summed E-state index contributed by atoms with van der Waals surface area (Å²) in [4.78, 5) is 18.1. The molecule has 0 aliphatic rings. The second kappa shape index (κ2) is 4.21. The Balaban J connectivity index is 3.18. The number of anilines is 1. The molecule has 0 fully saturated rings. The van der Waals surface area contributed by atoms with Gasteiger partial charge in [0.1, 0.15) is 0 Å². The third kappa shape index (κ3) is 2.09. The van der Waals surface area contributed by atoms with E-state index in [2.05, 4.69) is 9.97 Å². The SMILES string of the molecule is Cc1nc(N(C)N)[nH]c(=O)c1CCO. The largest absolute Gasteiger partial charge is 0.396 e. The number of aliphatic hydroxyl groups excluding tert-OH is 1. The Kier molecular flexibility index (Phi) is 3.21. The van der Waals surface area contributed by atoms with Gasteiger partial charge in [-0.3, -0.25) is 14.8 Å². The van der Waals surface area contributed by atoms with Crippen LogP contribution in [0.5, 0.6) is 0 Å². The molecule has 0 saturated carbocycles. The molecule has 0 aliphatic heterocycles. The van der Waals surface area contributed by atoms with Crippen molar-refractivity contribution in [2.75, 3.05) is 18.7 Å². The molecule has 1 rings (SSSR count). The van der Waals surface area contributed by atoms with E-state index in [1.807, 2.05) is 0 Å². The molecule has 78 valence electrons. The summed E-state index contributed by atoms with van der Waals surface area (Å²) in [5.41, 5.74) is 0.840. The lowest BCUT2D eigenvalue weighted by Crippen LogP contribution is -2.31. The molecule has 6 nitrogen and oxygen atoms in total. The van der Waals surface area contributed by atoms with Crippen LogP contribution >= 0.6 is 0 Å². The molecule has 0 bridgehead atoms. The molecule has 0 aromatic carbocycles. The Morgan fingerprint density at radius 2 is 2.29 bits per heavy atom. The van der Waals surface area contributed by atoms with E-state index in [1.54, 1.807) is 14.0 Å². The molecule has 0 aliphatic carbocycles. The maximum absolute atomic E-state index is 11.5. The van der Waals surface area contributed by atoms with Gasteiger partial charge in [-0.1, -0.05) is 0 Å². The first-order chi connectivity index (χ1) is 6.56. The van der Waals surface area contributed by atoms with Crippen molar-refractivity contribution >= 4 is 5.95 Å². The topological polar surface area (TPSA) is 95.2 Å². The van der Waals surface area contributed by atoms with Gasteiger partial charge < -0.3 is 5.11 Å². The number of hydrazine groups is 1. The van der Waals surface area contributed by atoms with E-state index in [0.717, 1.165) is 0 Å². The highest BCUT2D eigenvalue weighted by Crippen LogP contribution is 2.03. The smallest absolute Gasteiger partial charge is 0.255 e. The zero-order chi connectivity index (χ0) is 10.7. The second-order valence-corrected chi connectivity index (χ2v) is 3.04. The summed E-state index contributed by atoms with van der Waals surface area (Å²) < 4.78 is 0. The quantitative estimate of drug-likeness (QED) is 0.424. The van der Waals surface area contributed by atoms with Gasteiger partial charge in [0.15, 0.2) is 0 Å². The molecule has 6 heteroatoms. The van der Waals surface area contributed by atoms with Gasteiger partial charge in [-0.25, -0.2) is 10.8 Å². The van der Waals surface area contributed by atoms with Crippen LogP contribution in [0.4, 0.5) is 5.95 Å². The van der Waals surface area contributed by atoms with Crippen molar-refractivity contribution in [3.63, 3.8) is 0 Å². The number of nitrogens with two attached hydrogens (primary N) is 1. The number of aromatic nitrogens is 2. The molecule has 0 atom stereocenters. The van der Waals surface area contributed by atoms with Crippen LogP contribution in [-0.2, 0) is 6.42 Å². The summed E-state index contributed by atoms with van der Waals surface area (Å²) in [5.74, 6) is 5.74. The van der Waals surface area contributed by atoms with Gasteiger partial charge in [-0.2, -0.15) is 0 Å². The minimum Gasteiger partial charge on any atom is -0.396 e. The number of hydrogen-bond donors (Lipinski definition) is 3. The Bertz CT molecular complexity index is 372. The fraction of sp³-hybridized carbons (Fsp3) is 0.500. The van der Waals surface area contributed by atoms with Gasteiger partial charge in [-0.05, 0) is 6.92 Å². The van der Waals surface area contributed by atoms with Crippen LogP contribution in [0.15, 0.2) is 4.79 Å². The average Bonchev–Trinajstić information content (AvgIpc) is 2.10. The molecule has 0 spiro atoms. The lowest BCUT2D eigenvalue weighted by Gasteiger charge is -2.12. The van der Waals surface area contributed by atoms with Gasteiger partial charge in [0.2, 0.25) is 5.95 Å². The monoisotopic (exact) mass is 198 g/mol. The minimum atomic E-state index is -0.251. The standard InChI is InChI=1S/C8H14N4O2/c1-5-6(3-4-13)7(14)11-8(10-5)12(2)9/h13H,3-4,9H2,1-2H3,(H,10,11,14). The van der Waals surface area contributed by atoms with Gasteiger partial charge in [0.05, 0.1) is 5.69 Å². The van der Waals surface area contributed by atoms with Crippen LogP contribution in [0, 0.1) is 6.92 Å². The predicted octanol–water partition coefficient (Wildman–Crippen LogP) is -1.08. The molecule has 1 heterocycles. The fourth-order valence-corrected chi connectivity index (χ4v) is 1.17. The molecule has 0 amide bonds. The summed E-state index contributed by atoms with van der Waals surface area (Å²) in [5, 5.41) is 9.96. The number of nitrogens with one attached hydrogen (secondary N) is 1. The molecular formula is C8H14N4O2. The maximum atomic E-state index is 11.5. The number of rotatable bonds is 3. The first-order valence-electron chi connectivity index (χ1n) is 4.25. The van der Waals surface area contributed by atoms with Crippen LogP contribution < -0.4 is 16.4 Å². The molecule has 1 aromatic rings. The van der Waals surface area contributed by atoms with Crippen molar-refractivity contribution in [3.05, 3.63) is 21.6 Å². The van der Waals surface area contributed by atoms with E-state index in [9.17, 15) is 4.79 Å². The van der Waals surface area contributed by atoms with E-state index in [1.165, 1.54) is 5.01 Å². The van der Waals surface area contributed by atoms with Crippen molar-refractivity contribution in [1.29, 1.82) is 0 Å². The molecule has 4 N–H and O–H groups in total. The van der Waals surface area contributed by atoms with Crippen LogP contribution in [0.25, 0.3) is 0 Å². The normalized spacial score (nSPS) is 10.3. The number of hydrogen-bond acceptors (Lipinski definition) is 5. The summed E-state index contributed by atoms with van der Waals surface area (Å²) in [6.07, 6.45) is 0.308. The molecule has 0 saturated heterocycles. The third-order valence-electron chi connectivity index (χ3n) is 1.91. The first kappa shape index (κ1) is 10.7. The fourth-order valence-electron chi connectivity index (χ4n) is 1.17. The van der Waals surface area contributed by atoms with Crippen molar-refractivity contribution in [1.82, 2.24) is 9.97 Å². The summed E-state index contributed by atoms with van der Waals surface area (Å²) >= 11 is 0. The summed E-state index contributed by atoms with van der Waals surface area (Å²) in [6.45, 7) is 1.65. The Morgan fingerprint density at radius 1 is 1.64 bits per heavy atom. The number of H-pyrrole nitrogens is 1. The summed E-state index contributed by atoms with van der Waals surface area (Å²) in [6, 6.07) is 0. The van der Waals surface area contributed by atoms with Crippen LogP contribution in [-0.4, -0.2) is 28.7 Å². The Hall–Kier alpha value is -1.40. The maximum Gasteiger partial charge on any atom is 0.255 e. The number of aryl methyl sites for hydroxylation is 1. The van der Waals surface area contributed by atoms with Gasteiger partial charge >= 0.3 is 0 Å². The van der Waals surface area contributed by atoms with E-state index in [4.69, 9.17) is 10.9 Å². The summed E-state index contributed by atoms with van der Waals surface area (Å²) in [7, 11) is 1.59. The van der Waals surface area contributed by atoms with Crippen molar-refractivity contribution in [3.8, 4) is 0 Å². The Labute approximate surface area is 81.4 Å². The van der Waals surface area contributed by atoms with Crippen LogP contribution in [0.2, 0.25) is 0 Å². The van der Waals surface area contributed by atoms with Crippen molar-refractivity contribution in [2.24, 2.45) is 5.84 Å². The molecule has 0 radical (unpaired) electrons. The van der Waals surface area contributed by atoms with Crippen molar-refractivity contribution in [2.45, 2.75) is 13.3 Å². The zero-order valence-corrected chi connectivity index (χ0v) is 8.24. The zero-order valence-electron chi connectivity index (χ0n) is 8.24. The molecule has 14 heavy (non-hydrogen) atoms. The van der Waals surface area contributed by atoms with Crippen molar-refractivity contribution < 1.29 is 5.11 Å². The first-order valence-corrected chi connectivity index (χ1v) is 4.25. The van der Waals surface area contributed by atoms with E-state index in [0.29, 0.717) is 23.6 Å². The number of nitrogens with zero attached hydrogens (tertiary/aromatic N) is 2. The highest BCUT2D eigenvalue weighted by atomic mass is 16.3. The highest BCUT2D eigenvalue weighted by molar-refractivity contribution is 5.29. The van der Waals surface area contributed by atoms with E-state index < -0.39 is 0 Å². The molecular weight excluding hydrogens is 184 g/mol. The van der Waals surface area contributed by atoms with Gasteiger partial charge in [0, 0.05) is 25.6 Å². The number of aliphatic hydroxyl groups is 1. The minimum absolute atomic E-state index is 0.0661. The van der Waals surface area contributed by atoms with Gasteiger partial charge in [-0.15, -0.1) is 0 Å². The number of aromatic amines is 1. The average molecular weight is 198 g/mol. The second-order valence-electron chi connectivity index (χ2n) is 3.04. The third-order valence-corrected chi connectivity index (χ3v) is 1.91. The van der Waals surface area contributed by atoms with E-state index >= 15 is 0 Å². The lowest BCUT2D eigenvalue weighted by molar-refractivity contribution is 0.298. The predicted molar refractivity (Wildman–Crippen MR) is 53.0 cm³/mol. The van der Waals surface area contributed by atoms with Crippen LogP contribution in [0.3, 0.4) is 0 Å². The molecule has 1 aromatic heterocycles. The molecule has 0 unspecified atom stereocenters. The van der Waals surface area contributed by atoms with Crippen LogP contribution in [0.1, 0.15) is 11.3 Å². The highest BCUT2D eigenvalue weighted by Gasteiger charge is 2.08. The van der Waals surface area contributed by atoms with E-state index in [-0.39, 0.29) is 12.2 Å². The van der Waals surface area contributed by atoms with Gasteiger partial charge in [0.25, 0.3) is 5.56 Å². The Morgan fingerprint density at radius 3 is 2.71 bits per heavy atom. The lowest BCUT2D eigenvalue weighted by atomic mass is 10.2.